The van der Waals surface area contributed by atoms with E-state index in [4.69, 9.17) is 4.74 Å². The van der Waals surface area contributed by atoms with Gasteiger partial charge in [-0.3, -0.25) is 0 Å². The molecule has 1 N–H and O–H groups in total. The van der Waals surface area contributed by atoms with Crippen molar-refractivity contribution >= 4 is 11.3 Å². The minimum absolute atomic E-state index is 0.553. The minimum atomic E-state index is 0.553. The summed E-state index contributed by atoms with van der Waals surface area (Å²) < 4.78 is 5.63. The smallest absolute Gasteiger partial charge is 0.0576 e. The standard InChI is InChI=1S/C15H23NOS/c1-4-12-10-14(18-15(12)7-1)11-16-8-2-5-13-6-3-9-17-13/h10,13,16H,1-9,11H2. The topological polar surface area (TPSA) is 21.3 Å². The van der Waals surface area contributed by atoms with Gasteiger partial charge in [0.1, 0.15) is 0 Å². The molecule has 1 atom stereocenters. The summed E-state index contributed by atoms with van der Waals surface area (Å²) in [5.41, 5.74) is 1.62. The third-order valence-corrected chi connectivity index (χ3v) is 5.24. The molecule has 2 heterocycles. The maximum absolute atomic E-state index is 5.63. The zero-order chi connectivity index (χ0) is 12.2. The van der Waals surface area contributed by atoms with Gasteiger partial charge in [0.2, 0.25) is 0 Å². The van der Waals surface area contributed by atoms with Gasteiger partial charge in [0.15, 0.2) is 0 Å². The van der Waals surface area contributed by atoms with E-state index in [9.17, 15) is 0 Å². The van der Waals surface area contributed by atoms with E-state index in [0.29, 0.717) is 6.10 Å². The molecule has 1 saturated heterocycles. The average Bonchev–Trinajstić information content (AvgIpc) is 3.03. The van der Waals surface area contributed by atoms with Crippen molar-refractivity contribution in [1.29, 1.82) is 0 Å². The Bertz CT molecular complexity index is 360. The van der Waals surface area contributed by atoms with Crippen LogP contribution < -0.4 is 5.32 Å². The van der Waals surface area contributed by atoms with Crippen molar-refractivity contribution < 1.29 is 4.74 Å². The van der Waals surface area contributed by atoms with Crippen molar-refractivity contribution in [2.75, 3.05) is 13.2 Å². The van der Waals surface area contributed by atoms with E-state index in [1.807, 2.05) is 11.3 Å². The fraction of sp³-hybridized carbons (Fsp3) is 0.733. The summed E-state index contributed by atoms with van der Waals surface area (Å²) in [5, 5.41) is 3.57. The van der Waals surface area contributed by atoms with Gasteiger partial charge in [-0.15, -0.1) is 11.3 Å². The number of hydrogen-bond donors (Lipinski definition) is 1. The van der Waals surface area contributed by atoms with Crippen LogP contribution in [0.5, 0.6) is 0 Å². The predicted molar refractivity (Wildman–Crippen MR) is 76.3 cm³/mol. The Kier molecular flexibility index (Phi) is 4.34. The maximum atomic E-state index is 5.63. The Balaban J connectivity index is 1.31. The summed E-state index contributed by atoms with van der Waals surface area (Å²) in [7, 11) is 0. The van der Waals surface area contributed by atoms with Gasteiger partial charge < -0.3 is 10.1 Å². The molecule has 2 aliphatic rings. The van der Waals surface area contributed by atoms with Crippen molar-refractivity contribution in [3.63, 3.8) is 0 Å². The molecule has 2 nitrogen and oxygen atoms in total. The Morgan fingerprint density at radius 1 is 1.33 bits per heavy atom. The van der Waals surface area contributed by atoms with Crippen molar-refractivity contribution in [2.24, 2.45) is 0 Å². The van der Waals surface area contributed by atoms with Crippen LogP contribution in [0.3, 0.4) is 0 Å². The number of rotatable bonds is 6. The van der Waals surface area contributed by atoms with Gasteiger partial charge in [0.25, 0.3) is 0 Å². The van der Waals surface area contributed by atoms with Gasteiger partial charge in [-0.1, -0.05) is 0 Å². The van der Waals surface area contributed by atoms with E-state index in [-0.39, 0.29) is 0 Å². The van der Waals surface area contributed by atoms with E-state index in [2.05, 4.69) is 11.4 Å². The molecule has 1 fully saturated rings. The molecule has 0 spiro atoms. The first-order valence-corrected chi connectivity index (χ1v) is 8.16. The van der Waals surface area contributed by atoms with Crippen LogP contribution in [-0.2, 0) is 24.1 Å². The lowest BCUT2D eigenvalue weighted by molar-refractivity contribution is 0.102. The molecule has 0 radical (unpaired) electrons. The van der Waals surface area contributed by atoms with Gasteiger partial charge in [0.05, 0.1) is 6.10 Å². The number of aryl methyl sites for hydroxylation is 2. The number of fused-ring (bicyclic) bond motifs is 1. The molecule has 1 unspecified atom stereocenters. The average molecular weight is 265 g/mol. The van der Waals surface area contributed by atoms with E-state index in [0.717, 1.165) is 19.7 Å². The van der Waals surface area contributed by atoms with Gasteiger partial charge in [0, 0.05) is 22.9 Å². The normalized spacial score (nSPS) is 22.6. The van der Waals surface area contributed by atoms with Gasteiger partial charge in [-0.25, -0.2) is 0 Å². The Morgan fingerprint density at radius 2 is 2.33 bits per heavy atom. The van der Waals surface area contributed by atoms with Crippen molar-refractivity contribution in [2.45, 2.75) is 57.6 Å². The summed E-state index contributed by atoms with van der Waals surface area (Å²) in [6.45, 7) is 3.17. The summed E-state index contributed by atoms with van der Waals surface area (Å²) >= 11 is 2.02. The predicted octanol–water partition coefficient (Wildman–Crippen LogP) is 3.29. The van der Waals surface area contributed by atoms with Crippen molar-refractivity contribution in [3.8, 4) is 0 Å². The van der Waals surface area contributed by atoms with E-state index >= 15 is 0 Å². The van der Waals surface area contributed by atoms with E-state index in [1.165, 1.54) is 49.8 Å². The van der Waals surface area contributed by atoms with Gasteiger partial charge in [-0.2, -0.15) is 0 Å². The fourth-order valence-electron chi connectivity index (χ4n) is 3.02. The highest BCUT2D eigenvalue weighted by molar-refractivity contribution is 7.12. The molecule has 100 valence electrons. The molecule has 0 amide bonds. The van der Waals surface area contributed by atoms with Crippen LogP contribution in [0, 0.1) is 0 Å². The lowest BCUT2D eigenvalue weighted by Crippen LogP contribution is -2.16. The van der Waals surface area contributed by atoms with Crippen LogP contribution in [0.15, 0.2) is 6.07 Å². The van der Waals surface area contributed by atoms with Crippen LogP contribution >= 0.6 is 11.3 Å². The zero-order valence-electron chi connectivity index (χ0n) is 11.0. The number of hydrogen-bond acceptors (Lipinski definition) is 3. The Hall–Kier alpha value is -0.380. The molecular formula is C15H23NOS. The Labute approximate surface area is 114 Å². The first-order valence-electron chi connectivity index (χ1n) is 7.34. The van der Waals surface area contributed by atoms with E-state index < -0.39 is 0 Å². The van der Waals surface area contributed by atoms with E-state index in [1.54, 1.807) is 10.4 Å². The molecule has 3 heteroatoms. The summed E-state index contributed by atoms with van der Waals surface area (Å²) in [4.78, 5) is 3.17. The molecule has 0 aromatic carbocycles. The second kappa shape index (κ2) is 6.18. The molecule has 1 aliphatic heterocycles. The van der Waals surface area contributed by atoms with Crippen molar-refractivity contribution in [3.05, 3.63) is 21.4 Å². The fourth-order valence-corrected chi connectivity index (χ4v) is 4.25. The number of thiophene rings is 1. The third kappa shape index (κ3) is 3.14. The third-order valence-electron chi connectivity index (χ3n) is 4.00. The van der Waals surface area contributed by atoms with Crippen LogP contribution in [-0.4, -0.2) is 19.3 Å². The number of nitrogens with one attached hydrogen (secondary N) is 1. The molecule has 1 aromatic rings. The highest BCUT2D eigenvalue weighted by atomic mass is 32.1. The number of ether oxygens (including phenoxy) is 1. The second-order valence-electron chi connectivity index (χ2n) is 5.47. The van der Waals surface area contributed by atoms with Crippen LogP contribution in [0.25, 0.3) is 0 Å². The summed E-state index contributed by atoms with van der Waals surface area (Å²) in [6.07, 6.45) is 9.57. The molecule has 0 saturated carbocycles. The van der Waals surface area contributed by atoms with Crippen LogP contribution in [0.2, 0.25) is 0 Å². The summed E-state index contributed by atoms with van der Waals surface area (Å²) in [5.74, 6) is 0. The summed E-state index contributed by atoms with van der Waals surface area (Å²) in [6, 6.07) is 2.42. The second-order valence-corrected chi connectivity index (χ2v) is 6.69. The maximum Gasteiger partial charge on any atom is 0.0576 e. The monoisotopic (exact) mass is 265 g/mol. The SMILES string of the molecule is c1c(CNCCCC2CCCO2)sc2c1CCC2. The lowest BCUT2D eigenvalue weighted by atomic mass is 10.1. The molecule has 3 rings (SSSR count). The highest BCUT2D eigenvalue weighted by Gasteiger charge is 2.15. The lowest BCUT2D eigenvalue weighted by Gasteiger charge is -2.09. The quantitative estimate of drug-likeness (QED) is 0.797. The molecule has 1 aromatic heterocycles. The highest BCUT2D eigenvalue weighted by Crippen LogP contribution is 2.30. The first kappa shape index (κ1) is 12.6. The minimum Gasteiger partial charge on any atom is -0.378 e. The van der Waals surface area contributed by atoms with Crippen LogP contribution in [0.1, 0.15) is 47.4 Å². The Morgan fingerprint density at radius 3 is 3.17 bits per heavy atom. The molecule has 18 heavy (non-hydrogen) atoms. The largest absolute Gasteiger partial charge is 0.378 e. The molecule has 0 bridgehead atoms. The van der Waals surface area contributed by atoms with Crippen molar-refractivity contribution in [1.82, 2.24) is 5.32 Å². The molecule has 1 aliphatic carbocycles. The zero-order valence-corrected chi connectivity index (χ0v) is 11.9. The molecular weight excluding hydrogens is 242 g/mol. The van der Waals surface area contributed by atoms with Gasteiger partial charge >= 0.3 is 0 Å². The first-order chi connectivity index (χ1) is 8.92. The van der Waals surface area contributed by atoms with Crippen LogP contribution in [0.4, 0.5) is 0 Å². The van der Waals surface area contributed by atoms with Gasteiger partial charge in [-0.05, 0) is 63.1 Å².